The summed E-state index contributed by atoms with van der Waals surface area (Å²) < 4.78 is 11.2. The summed E-state index contributed by atoms with van der Waals surface area (Å²) in [7, 11) is 1.64. The van der Waals surface area contributed by atoms with E-state index in [1.165, 1.54) is 0 Å². The lowest BCUT2D eigenvalue weighted by Crippen LogP contribution is -2.39. The summed E-state index contributed by atoms with van der Waals surface area (Å²) in [5.41, 5.74) is 4.39. The van der Waals surface area contributed by atoms with Crippen LogP contribution in [0.5, 0.6) is 5.75 Å². The van der Waals surface area contributed by atoms with Crippen LogP contribution < -0.4 is 9.64 Å². The highest BCUT2D eigenvalue weighted by Crippen LogP contribution is 2.37. The zero-order valence-electron chi connectivity index (χ0n) is 22.5. The number of rotatable bonds is 11. The first-order chi connectivity index (χ1) is 17.7. The first kappa shape index (κ1) is 26.7. The second-order valence-electron chi connectivity index (χ2n) is 10.5. The molecule has 7 nitrogen and oxygen atoms in total. The molecule has 37 heavy (non-hydrogen) atoms. The van der Waals surface area contributed by atoms with Crippen LogP contribution in [0.2, 0.25) is 0 Å². The molecule has 0 bridgehead atoms. The third-order valence-electron chi connectivity index (χ3n) is 7.52. The molecule has 0 radical (unpaired) electrons. The van der Waals surface area contributed by atoms with E-state index < -0.39 is 5.60 Å². The smallest absolute Gasteiger partial charge is 0.410 e. The molecule has 198 valence electrons. The maximum absolute atomic E-state index is 13.1. The number of aryl methyl sites for hydroxylation is 1. The highest BCUT2D eigenvalue weighted by atomic mass is 16.6. The van der Waals surface area contributed by atoms with E-state index in [0.29, 0.717) is 63.7 Å². The minimum Gasteiger partial charge on any atom is -0.496 e. The average molecular weight is 507 g/mol. The number of nitrogens with zero attached hydrogens (tertiary/aromatic N) is 2. The molecule has 2 aliphatic rings. The Morgan fingerprint density at radius 2 is 1.78 bits per heavy atom. The van der Waals surface area contributed by atoms with E-state index in [0.717, 1.165) is 34.5 Å². The number of hydrogen-bond donors (Lipinski definition) is 0. The summed E-state index contributed by atoms with van der Waals surface area (Å²) in [4.78, 5) is 42.0. The number of amides is 2. The van der Waals surface area contributed by atoms with Gasteiger partial charge in [-0.15, -0.1) is 0 Å². The second-order valence-corrected chi connectivity index (χ2v) is 10.5. The van der Waals surface area contributed by atoms with Crippen LogP contribution >= 0.6 is 0 Å². The lowest BCUT2D eigenvalue weighted by Gasteiger charge is -2.29. The van der Waals surface area contributed by atoms with Crippen molar-refractivity contribution < 1.29 is 23.9 Å². The molecule has 2 amide bonds. The summed E-state index contributed by atoms with van der Waals surface area (Å²) in [5.74, 6) is 1.04. The van der Waals surface area contributed by atoms with Crippen LogP contribution in [0.4, 0.5) is 10.5 Å². The number of para-hydroxylation sites is 1. The Kier molecular flexibility index (Phi) is 8.20. The number of ketones is 1. The van der Waals surface area contributed by atoms with Crippen LogP contribution in [0.3, 0.4) is 0 Å². The molecule has 0 atom stereocenters. The van der Waals surface area contributed by atoms with Gasteiger partial charge in [-0.25, -0.2) is 4.79 Å². The van der Waals surface area contributed by atoms with Gasteiger partial charge in [0, 0.05) is 38.0 Å². The molecule has 7 heteroatoms. The van der Waals surface area contributed by atoms with Crippen molar-refractivity contribution in [1.82, 2.24) is 4.90 Å². The number of ether oxygens (including phenoxy) is 2. The SMILES string of the molecule is CCC(C)(C)OC(=O)N(CCCC(=O)c1cc2c3c(c1)CCN3C(=O)CC2)CCc1ccccc1OC. The zero-order valence-corrected chi connectivity index (χ0v) is 22.5. The highest BCUT2D eigenvalue weighted by molar-refractivity contribution is 6.02. The van der Waals surface area contributed by atoms with Crippen molar-refractivity contribution in [2.24, 2.45) is 0 Å². The van der Waals surface area contributed by atoms with Crippen molar-refractivity contribution in [1.29, 1.82) is 0 Å². The van der Waals surface area contributed by atoms with E-state index in [4.69, 9.17) is 9.47 Å². The molecule has 0 saturated carbocycles. The van der Waals surface area contributed by atoms with Crippen LogP contribution in [-0.4, -0.2) is 55.0 Å². The minimum atomic E-state index is -0.559. The Bertz CT molecular complexity index is 1170. The number of carbonyl (C=O) groups is 3. The Labute approximate surface area is 219 Å². The lowest BCUT2D eigenvalue weighted by molar-refractivity contribution is -0.118. The fraction of sp³-hybridized carbons (Fsp3) is 0.500. The van der Waals surface area contributed by atoms with Crippen molar-refractivity contribution in [3.8, 4) is 5.75 Å². The number of carbonyl (C=O) groups excluding carboxylic acids is 3. The molecule has 0 spiro atoms. The molecule has 4 rings (SSSR count). The number of Topliss-reactive ketones (excluding diaryl/α,β-unsaturated/α-hetero) is 1. The molecule has 0 aromatic heterocycles. The summed E-state index contributed by atoms with van der Waals surface area (Å²) in [5, 5.41) is 0. The first-order valence-electron chi connectivity index (χ1n) is 13.3. The van der Waals surface area contributed by atoms with Crippen LogP contribution in [0.1, 0.15) is 73.5 Å². The predicted molar refractivity (Wildman–Crippen MR) is 144 cm³/mol. The minimum absolute atomic E-state index is 0.0707. The average Bonchev–Trinajstić information content (AvgIpc) is 3.33. The van der Waals surface area contributed by atoms with Gasteiger partial charge in [0.1, 0.15) is 11.4 Å². The Balaban J connectivity index is 1.41. The van der Waals surface area contributed by atoms with E-state index in [9.17, 15) is 14.4 Å². The molecule has 0 N–H and O–H groups in total. The molecular formula is C30H38N2O5. The first-order valence-corrected chi connectivity index (χ1v) is 13.3. The fourth-order valence-corrected chi connectivity index (χ4v) is 5.03. The van der Waals surface area contributed by atoms with Crippen molar-refractivity contribution in [3.63, 3.8) is 0 Å². The summed E-state index contributed by atoms with van der Waals surface area (Å²) in [6.45, 7) is 7.41. The van der Waals surface area contributed by atoms with Gasteiger partial charge in [0.25, 0.3) is 0 Å². The van der Waals surface area contributed by atoms with E-state index in [1.807, 2.05) is 62.1 Å². The Hall–Kier alpha value is -3.35. The third kappa shape index (κ3) is 6.14. The third-order valence-corrected chi connectivity index (χ3v) is 7.52. The monoisotopic (exact) mass is 506 g/mol. The number of benzene rings is 2. The molecule has 2 aromatic rings. The molecule has 2 aliphatic heterocycles. The van der Waals surface area contributed by atoms with E-state index >= 15 is 0 Å². The van der Waals surface area contributed by atoms with Crippen molar-refractivity contribution >= 4 is 23.5 Å². The molecule has 0 fully saturated rings. The standard InChI is InChI=1S/C30H38N2O5/c1-5-30(2,3)37-29(35)31(17-14-21-9-6-7-11-26(21)36-4)16-8-10-25(33)24-19-22-12-13-27(34)32-18-15-23(20-24)28(22)32/h6-7,9,11,19-20H,5,8,10,12-18H2,1-4H3. The number of hydrogen-bond acceptors (Lipinski definition) is 5. The topological polar surface area (TPSA) is 76.2 Å². The van der Waals surface area contributed by atoms with Gasteiger partial charge < -0.3 is 19.3 Å². The molecule has 2 aromatic carbocycles. The lowest BCUT2D eigenvalue weighted by atomic mass is 9.94. The summed E-state index contributed by atoms with van der Waals surface area (Å²) in [6, 6.07) is 11.7. The van der Waals surface area contributed by atoms with Gasteiger partial charge in [0.15, 0.2) is 5.78 Å². The van der Waals surface area contributed by atoms with Gasteiger partial charge in [-0.1, -0.05) is 25.1 Å². The van der Waals surface area contributed by atoms with Crippen LogP contribution in [0, 0.1) is 0 Å². The predicted octanol–water partition coefficient (Wildman–Crippen LogP) is 5.36. The van der Waals surface area contributed by atoms with Gasteiger partial charge in [-0.2, -0.15) is 0 Å². The van der Waals surface area contributed by atoms with Crippen molar-refractivity contribution in [2.75, 3.05) is 31.6 Å². The van der Waals surface area contributed by atoms with Gasteiger partial charge >= 0.3 is 6.09 Å². The van der Waals surface area contributed by atoms with E-state index in [2.05, 4.69) is 0 Å². The zero-order chi connectivity index (χ0) is 26.6. The highest BCUT2D eigenvalue weighted by Gasteiger charge is 2.32. The van der Waals surface area contributed by atoms with E-state index in [-0.39, 0.29) is 17.8 Å². The fourth-order valence-electron chi connectivity index (χ4n) is 5.03. The van der Waals surface area contributed by atoms with Gasteiger partial charge in [-0.3, -0.25) is 9.59 Å². The van der Waals surface area contributed by atoms with Gasteiger partial charge in [0.05, 0.1) is 12.8 Å². The Morgan fingerprint density at radius 1 is 1.05 bits per heavy atom. The summed E-state index contributed by atoms with van der Waals surface area (Å²) in [6.07, 6.45) is 3.85. The second kappa shape index (κ2) is 11.4. The molecule has 0 saturated heterocycles. The van der Waals surface area contributed by atoms with Crippen LogP contribution in [-0.2, 0) is 28.8 Å². The number of anilines is 1. The molecule has 0 aliphatic carbocycles. The quantitative estimate of drug-likeness (QED) is 0.383. The van der Waals surface area contributed by atoms with Gasteiger partial charge in [0.2, 0.25) is 5.91 Å². The maximum Gasteiger partial charge on any atom is 0.410 e. The van der Waals surface area contributed by atoms with Crippen molar-refractivity contribution in [2.45, 2.75) is 71.3 Å². The normalized spacial score (nSPS) is 14.4. The van der Waals surface area contributed by atoms with E-state index in [1.54, 1.807) is 12.0 Å². The van der Waals surface area contributed by atoms with Crippen LogP contribution in [0.25, 0.3) is 0 Å². The molecule has 2 heterocycles. The molecular weight excluding hydrogens is 468 g/mol. The maximum atomic E-state index is 13.1. The van der Waals surface area contributed by atoms with Crippen LogP contribution in [0.15, 0.2) is 36.4 Å². The van der Waals surface area contributed by atoms with Gasteiger partial charge in [-0.05, 0) is 80.8 Å². The van der Waals surface area contributed by atoms with Crippen molar-refractivity contribution in [3.05, 3.63) is 58.7 Å². The Morgan fingerprint density at radius 3 is 2.51 bits per heavy atom. The number of methoxy groups -OCH3 is 1. The largest absolute Gasteiger partial charge is 0.496 e. The molecule has 0 unspecified atom stereocenters. The summed E-state index contributed by atoms with van der Waals surface area (Å²) >= 11 is 0.